The number of rotatable bonds is 8. The summed E-state index contributed by atoms with van der Waals surface area (Å²) >= 11 is 0. The van der Waals surface area contributed by atoms with E-state index in [4.69, 9.17) is 4.98 Å². The van der Waals surface area contributed by atoms with Crippen molar-refractivity contribution in [2.45, 2.75) is 26.8 Å². The molecule has 0 fully saturated rings. The topological polar surface area (TPSA) is 41.4 Å². The molecule has 0 aliphatic rings. The highest BCUT2D eigenvalue weighted by Crippen LogP contribution is 2.25. The molecule has 0 atom stereocenters. The lowest BCUT2D eigenvalue weighted by Gasteiger charge is -2.18. The first-order valence-corrected chi connectivity index (χ1v) is 10.0. The number of hydrogen-bond acceptors (Lipinski definition) is 3. The van der Waals surface area contributed by atoms with E-state index < -0.39 is 0 Å². The van der Waals surface area contributed by atoms with Crippen molar-refractivity contribution in [3.8, 4) is 11.4 Å². The van der Waals surface area contributed by atoms with E-state index in [9.17, 15) is 4.79 Å². The van der Waals surface area contributed by atoms with Crippen LogP contribution in [0.3, 0.4) is 0 Å². The summed E-state index contributed by atoms with van der Waals surface area (Å²) in [5.41, 5.74) is 3.89. The van der Waals surface area contributed by atoms with Crippen molar-refractivity contribution in [2.24, 2.45) is 0 Å². The van der Waals surface area contributed by atoms with E-state index >= 15 is 0 Å². The molecule has 0 saturated carbocycles. The highest BCUT2D eigenvalue weighted by Gasteiger charge is 2.14. The standard InChI is InChI=1S/C23H30N4O/c1-5-26(6-2)16-9-17-27-21-11-8-7-10-20(21)24-22(27)18-12-14-19(15-13-18)23(28)25(3)4/h7-8,10-15H,5-6,9,16-17H2,1-4H3. The first kappa shape index (κ1) is 20.1. The van der Waals surface area contributed by atoms with Crippen LogP contribution in [0.5, 0.6) is 0 Å². The van der Waals surface area contributed by atoms with Gasteiger partial charge >= 0.3 is 0 Å². The van der Waals surface area contributed by atoms with E-state index in [-0.39, 0.29) is 5.91 Å². The first-order valence-electron chi connectivity index (χ1n) is 10.0. The second-order valence-electron chi connectivity index (χ2n) is 7.23. The van der Waals surface area contributed by atoms with Crippen LogP contribution in [0.2, 0.25) is 0 Å². The summed E-state index contributed by atoms with van der Waals surface area (Å²) in [6.07, 6.45) is 1.08. The van der Waals surface area contributed by atoms with Gasteiger partial charge in [-0.15, -0.1) is 0 Å². The van der Waals surface area contributed by atoms with Crippen LogP contribution in [-0.4, -0.2) is 59.0 Å². The van der Waals surface area contributed by atoms with E-state index in [0.29, 0.717) is 5.56 Å². The van der Waals surface area contributed by atoms with Crippen LogP contribution < -0.4 is 0 Å². The third-order valence-corrected chi connectivity index (χ3v) is 5.20. The van der Waals surface area contributed by atoms with E-state index in [1.54, 1.807) is 19.0 Å². The summed E-state index contributed by atoms with van der Waals surface area (Å²) in [5, 5.41) is 0. The Morgan fingerprint density at radius 3 is 2.32 bits per heavy atom. The average Bonchev–Trinajstić information content (AvgIpc) is 3.09. The van der Waals surface area contributed by atoms with Crippen LogP contribution in [0, 0.1) is 0 Å². The molecule has 0 aliphatic heterocycles. The van der Waals surface area contributed by atoms with Gasteiger partial charge in [0.05, 0.1) is 11.0 Å². The summed E-state index contributed by atoms with van der Waals surface area (Å²) < 4.78 is 2.31. The van der Waals surface area contributed by atoms with Gasteiger partial charge in [0, 0.05) is 31.8 Å². The number of amides is 1. The smallest absolute Gasteiger partial charge is 0.253 e. The number of carbonyl (C=O) groups excluding carboxylic acids is 1. The van der Waals surface area contributed by atoms with Crippen molar-refractivity contribution in [3.05, 3.63) is 54.1 Å². The summed E-state index contributed by atoms with van der Waals surface area (Å²) in [6, 6.07) is 16.1. The lowest BCUT2D eigenvalue weighted by atomic mass is 10.1. The molecule has 3 rings (SSSR count). The van der Waals surface area contributed by atoms with Crippen LogP contribution in [0.25, 0.3) is 22.4 Å². The molecule has 5 nitrogen and oxygen atoms in total. The minimum Gasteiger partial charge on any atom is -0.345 e. The Morgan fingerprint density at radius 2 is 1.68 bits per heavy atom. The fourth-order valence-electron chi connectivity index (χ4n) is 3.53. The number of aryl methyl sites for hydroxylation is 1. The Bertz CT molecular complexity index is 923. The third-order valence-electron chi connectivity index (χ3n) is 5.20. The minimum atomic E-state index is 0.0132. The second kappa shape index (κ2) is 9.02. The summed E-state index contributed by atoms with van der Waals surface area (Å²) in [5.74, 6) is 0.976. The number of fused-ring (bicyclic) bond motifs is 1. The molecule has 5 heteroatoms. The van der Waals surface area contributed by atoms with Gasteiger partial charge in [-0.3, -0.25) is 4.79 Å². The zero-order chi connectivity index (χ0) is 20.1. The van der Waals surface area contributed by atoms with Gasteiger partial charge in [0.2, 0.25) is 0 Å². The lowest BCUT2D eigenvalue weighted by molar-refractivity contribution is 0.0827. The van der Waals surface area contributed by atoms with Crippen LogP contribution in [0.4, 0.5) is 0 Å². The molecule has 0 unspecified atom stereocenters. The SMILES string of the molecule is CCN(CC)CCCn1c(-c2ccc(C(=O)N(C)C)cc2)nc2ccccc21. The molecule has 3 aromatic rings. The van der Waals surface area contributed by atoms with Crippen molar-refractivity contribution in [1.29, 1.82) is 0 Å². The Kier molecular flexibility index (Phi) is 6.47. The Labute approximate surface area is 167 Å². The lowest BCUT2D eigenvalue weighted by Crippen LogP contribution is -2.24. The van der Waals surface area contributed by atoms with Gasteiger partial charge in [-0.05, 0) is 50.3 Å². The maximum absolute atomic E-state index is 12.2. The maximum Gasteiger partial charge on any atom is 0.253 e. The molecule has 148 valence electrons. The molecule has 28 heavy (non-hydrogen) atoms. The maximum atomic E-state index is 12.2. The third kappa shape index (κ3) is 4.25. The van der Waals surface area contributed by atoms with Gasteiger partial charge in [0.25, 0.3) is 5.91 Å². The van der Waals surface area contributed by atoms with Crippen LogP contribution in [0.1, 0.15) is 30.6 Å². The molecule has 0 radical (unpaired) electrons. The van der Waals surface area contributed by atoms with E-state index in [1.807, 2.05) is 30.3 Å². The van der Waals surface area contributed by atoms with Crippen molar-refractivity contribution >= 4 is 16.9 Å². The molecule has 0 aliphatic carbocycles. The number of aromatic nitrogens is 2. The van der Waals surface area contributed by atoms with E-state index in [1.165, 1.54) is 0 Å². The normalized spacial score (nSPS) is 11.3. The van der Waals surface area contributed by atoms with E-state index in [0.717, 1.165) is 55.0 Å². The van der Waals surface area contributed by atoms with Crippen LogP contribution in [0.15, 0.2) is 48.5 Å². The van der Waals surface area contributed by atoms with Gasteiger partial charge in [0.1, 0.15) is 5.82 Å². The van der Waals surface area contributed by atoms with Gasteiger partial charge in [-0.1, -0.05) is 38.1 Å². The van der Waals surface area contributed by atoms with Gasteiger partial charge in [-0.2, -0.15) is 0 Å². The first-order chi connectivity index (χ1) is 13.5. The average molecular weight is 379 g/mol. The summed E-state index contributed by atoms with van der Waals surface area (Å²) in [7, 11) is 3.54. The number of hydrogen-bond donors (Lipinski definition) is 0. The molecule has 0 saturated heterocycles. The van der Waals surface area contributed by atoms with Crippen molar-refractivity contribution < 1.29 is 4.79 Å². The zero-order valence-corrected chi connectivity index (χ0v) is 17.4. The van der Waals surface area contributed by atoms with Crippen LogP contribution >= 0.6 is 0 Å². The highest BCUT2D eigenvalue weighted by molar-refractivity contribution is 5.94. The summed E-state index contributed by atoms with van der Waals surface area (Å²) in [4.78, 5) is 21.1. The molecular formula is C23H30N4O. The largest absolute Gasteiger partial charge is 0.345 e. The number of nitrogens with zero attached hydrogens (tertiary/aromatic N) is 4. The molecule has 0 N–H and O–H groups in total. The predicted octanol–water partition coefficient (Wildman–Crippen LogP) is 4.14. The Hall–Kier alpha value is -2.66. The number of benzene rings is 2. The van der Waals surface area contributed by atoms with Crippen molar-refractivity contribution in [1.82, 2.24) is 19.4 Å². The monoisotopic (exact) mass is 378 g/mol. The van der Waals surface area contributed by atoms with Crippen molar-refractivity contribution in [3.63, 3.8) is 0 Å². The molecule has 1 aromatic heterocycles. The molecule has 0 bridgehead atoms. The quantitative estimate of drug-likeness (QED) is 0.592. The molecule has 1 heterocycles. The molecular weight excluding hydrogens is 348 g/mol. The Morgan fingerprint density at radius 1 is 1.00 bits per heavy atom. The number of carbonyl (C=O) groups is 1. The zero-order valence-electron chi connectivity index (χ0n) is 17.4. The van der Waals surface area contributed by atoms with Gasteiger partial charge in [0.15, 0.2) is 0 Å². The fourth-order valence-corrected chi connectivity index (χ4v) is 3.53. The fraction of sp³-hybridized carbons (Fsp3) is 0.391. The van der Waals surface area contributed by atoms with Crippen molar-refractivity contribution in [2.75, 3.05) is 33.7 Å². The Balaban J connectivity index is 1.91. The molecule has 1 amide bonds. The van der Waals surface area contributed by atoms with Crippen LogP contribution in [-0.2, 0) is 6.54 Å². The minimum absolute atomic E-state index is 0.0132. The highest BCUT2D eigenvalue weighted by atomic mass is 16.2. The predicted molar refractivity (Wildman–Crippen MR) is 116 cm³/mol. The van der Waals surface area contributed by atoms with E-state index in [2.05, 4.69) is 41.5 Å². The molecule has 2 aromatic carbocycles. The van der Waals surface area contributed by atoms with Gasteiger partial charge < -0.3 is 14.4 Å². The number of para-hydroxylation sites is 2. The molecule has 0 spiro atoms. The van der Waals surface area contributed by atoms with Gasteiger partial charge in [-0.25, -0.2) is 4.98 Å². The second-order valence-corrected chi connectivity index (χ2v) is 7.23. The number of imidazole rings is 1. The summed E-state index contributed by atoms with van der Waals surface area (Å²) in [6.45, 7) is 8.57.